The molecule has 2 heteroatoms. The van der Waals surface area contributed by atoms with E-state index in [0.717, 1.165) is 38.0 Å². The fourth-order valence-electron chi connectivity index (χ4n) is 4.46. The molecule has 0 spiro atoms. The third-order valence-corrected chi connectivity index (χ3v) is 5.65. The largest absolute Gasteiger partial charge is 0.390 e. The van der Waals surface area contributed by atoms with Crippen LogP contribution in [-0.2, 0) is 4.79 Å². The van der Waals surface area contributed by atoms with Gasteiger partial charge in [0.25, 0.3) is 0 Å². The molecule has 2 fully saturated rings. The quantitative estimate of drug-likeness (QED) is 0.761. The zero-order chi connectivity index (χ0) is 14.1. The van der Waals surface area contributed by atoms with Crippen molar-refractivity contribution in [1.82, 2.24) is 0 Å². The molecule has 0 aromatic carbocycles. The number of aliphatic hydroxyl groups is 1. The first-order valence-electron chi connectivity index (χ1n) is 8.08. The van der Waals surface area contributed by atoms with Crippen LogP contribution in [0.4, 0.5) is 0 Å². The minimum Gasteiger partial charge on any atom is -0.390 e. The lowest BCUT2D eigenvalue weighted by Gasteiger charge is -2.40. The maximum atomic E-state index is 12.1. The van der Waals surface area contributed by atoms with Gasteiger partial charge in [-0.05, 0) is 63.7 Å². The third-order valence-electron chi connectivity index (χ3n) is 5.65. The van der Waals surface area contributed by atoms with Crippen molar-refractivity contribution >= 4 is 5.78 Å². The topological polar surface area (TPSA) is 37.3 Å². The van der Waals surface area contributed by atoms with Gasteiger partial charge in [0.1, 0.15) is 5.78 Å². The van der Waals surface area contributed by atoms with Crippen molar-refractivity contribution in [1.29, 1.82) is 0 Å². The maximum absolute atomic E-state index is 12.1. The van der Waals surface area contributed by atoms with Crippen molar-refractivity contribution in [3.05, 3.63) is 0 Å². The molecule has 2 aliphatic rings. The van der Waals surface area contributed by atoms with Gasteiger partial charge in [-0.25, -0.2) is 0 Å². The summed E-state index contributed by atoms with van der Waals surface area (Å²) in [6.45, 7) is 6.14. The van der Waals surface area contributed by atoms with Crippen molar-refractivity contribution < 1.29 is 9.90 Å². The molecule has 2 rings (SSSR count). The molecule has 3 atom stereocenters. The van der Waals surface area contributed by atoms with Gasteiger partial charge in [-0.15, -0.1) is 0 Å². The van der Waals surface area contributed by atoms with Gasteiger partial charge in [-0.3, -0.25) is 4.79 Å². The molecule has 0 aromatic heterocycles. The van der Waals surface area contributed by atoms with Crippen molar-refractivity contribution in [2.24, 2.45) is 17.3 Å². The number of hydrogen-bond donors (Lipinski definition) is 1. The zero-order valence-electron chi connectivity index (χ0n) is 12.9. The van der Waals surface area contributed by atoms with E-state index < -0.39 is 5.60 Å². The maximum Gasteiger partial charge on any atom is 0.136 e. The standard InChI is InChI=1S/C17H30O2/c1-16(2,19)11-5-4-7-13-9-10-14-15(18)8-6-12-17(13,14)3/h13-14,19H,4-12H2,1-3H3/t13-,14?,17+/m0/s1. The van der Waals surface area contributed by atoms with Crippen LogP contribution < -0.4 is 0 Å². The van der Waals surface area contributed by atoms with E-state index >= 15 is 0 Å². The zero-order valence-corrected chi connectivity index (χ0v) is 12.9. The summed E-state index contributed by atoms with van der Waals surface area (Å²) in [6.07, 6.45) is 9.99. The normalized spacial score (nSPS) is 35.5. The first kappa shape index (κ1) is 15.0. The summed E-state index contributed by atoms with van der Waals surface area (Å²) in [5.41, 5.74) is -0.229. The number of fused-ring (bicyclic) bond motifs is 1. The Morgan fingerprint density at radius 3 is 2.74 bits per heavy atom. The average Bonchev–Trinajstić information content (AvgIpc) is 2.62. The summed E-state index contributed by atoms with van der Waals surface area (Å²) in [6, 6.07) is 0. The van der Waals surface area contributed by atoms with Gasteiger partial charge in [-0.2, -0.15) is 0 Å². The number of hydrogen-bond acceptors (Lipinski definition) is 2. The van der Waals surface area contributed by atoms with E-state index in [1.807, 2.05) is 13.8 Å². The van der Waals surface area contributed by atoms with Crippen LogP contribution in [0.1, 0.15) is 78.6 Å². The van der Waals surface area contributed by atoms with Crippen LogP contribution in [0.2, 0.25) is 0 Å². The van der Waals surface area contributed by atoms with Crippen LogP contribution in [0, 0.1) is 17.3 Å². The highest BCUT2D eigenvalue weighted by Gasteiger charge is 2.50. The Balaban J connectivity index is 1.83. The highest BCUT2D eigenvalue weighted by molar-refractivity contribution is 5.83. The summed E-state index contributed by atoms with van der Waals surface area (Å²) >= 11 is 0. The molecule has 0 aromatic rings. The van der Waals surface area contributed by atoms with Crippen molar-refractivity contribution in [2.45, 2.75) is 84.2 Å². The number of carbonyl (C=O) groups excluding carboxylic acids is 1. The fourth-order valence-corrected chi connectivity index (χ4v) is 4.46. The van der Waals surface area contributed by atoms with E-state index in [-0.39, 0.29) is 0 Å². The molecular weight excluding hydrogens is 236 g/mol. The molecule has 1 unspecified atom stereocenters. The van der Waals surface area contributed by atoms with E-state index in [4.69, 9.17) is 0 Å². The molecule has 0 heterocycles. The second-order valence-corrected chi connectivity index (χ2v) is 7.71. The Bertz CT molecular complexity index is 329. The number of rotatable bonds is 5. The number of Topliss-reactive ketones (excluding diaryl/α,β-unsaturated/α-hetero) is 1. The van der Waals surface area contributed by atoms with Gasteiger partial charge in [0, 0.05) is 12.3 Å². The Morgan fingerprint density at radius 2 is 2.05 bits per heavy atom. The molecule has 2 nitrogen and oxygen atoms in total. The van der Waals surface area contributed by atoms with Gasteiger partial charge in [-0.1, -0.05) is 19.8 Å². The lowest BCUT2D eigenvalue weighted by atomic mass is 9.64. The van der Waals surface area contributed by atoms with E-state index in [0.29, 0.717) is 17.1 Å². The number of ketones is 1. The molecule has 19 heavy (non-hydrogen) atoms. The monoisotopic (exact) mass is 266 g/mol. The van der Waals surface area contributed by atoms with Crippen LogP contribution in [0.25, 0.3) is 0 Å². The fraction of sp³-hybridized carbons (Fsp3) is 0.941. The second kappa shape index (κ2) is 5.55. The molecule has 0 amide bonds. The van der Waals surface area contributed by atoms with Crippen LogP contribution in [0.5, 0.6) is 0 Å². The lowest BCUT2D eigenvalue weighted by Crippen LogP contribution is -2.37. The van der Waals surface area contributed by atoms with Crippen molar-refractivity contribution in [3.8, 4) is 0 Å². The van der Waals surface area contributed by atoms with Crippen LogP contribution in [0.15, 0.2) is 0 Å². The molecule has 0 saturated heterocycles. The Labute approximate surface area is 118 Å². The van der Waals surface area contributed by atoms with Crippen LogP contribution >= 0.6 is 0 Å². The van der Waals surface area contributed by atoms with E-state index in [1.165, 1.54) is 25.7 Å². The summed E-state index contributed by atoms with van der Waals surface area (Å²) < 4.78 is 0. The summed E-state index contributed by atoms with van der Waals surface area (Å²) in [7, 11) is 0. The highest BCUT2D eigenvalue weighted by atomic mass is 16.3. The highest BCUT2D eigenvalue weighted by Crippen LogP contribution is 2.55. The van der Waals surface area contributed by atoms with Crippen molar-refractivity contribution in [2.75, 3.05) is 0 Å². The Morgan fingerprint density at radius 1 is 1.32 bits per heavy atom. The molecular formula is C17H30O2. The van der Waals surface area contributed by atoms with E-state index in [9.17, 15) is 9.90 Å². The van der Waals surface area contributed by atoms with Crippen LogP contribution in [0.3, 0.4) is 0 Å². The molecule has 2 saturated carbocycles. The van der Waals surface area contributed by atoms with E-state index in [1.54, 1.807) is 0 Å². The minimum absolute atomic E-state index is 0.296. The predicted molar refractivity (Wildman–Crippen MR) is 77.9 cm³/mol. The molecule has 1 N–H and O–H groups in total. The van der Waals surface area contributed by atoms with Gasteiger partial charge in [0.15, 0.2) is 0 Å². The summed E-state index contributed by atoms with van der Waals surface area (Å²) in [5, 5.41) is 9.74. The molecule has 2 aliphatic carbocycles. The number of carbonyl (C=O) groups is 1. The first-order chi connectivity index (χ1) is 8.83. The predicted octanol–water partition coefficient (Wildman–Crippen LogP) is 4.10. The molecule has 0 bridgehead atoms. The Kier molecular flexibility index (Phi) is 4.39. The molecule has 110 valence electrons. The van der Waals surface area contributed by atoms with Gasteiger partial charge < -0.3 is 5.11 Å². The van der Waals surface area contributed by atoms with Gasteiger partial charge in [0.2, 0.25) is 0 Å². The third kappa shape index (κ3) is 3.39. The van der Waals surface area contributed by atoms with Crippen molar-refractivity contribution in [3.63, 3.8) is 0 Å². The minimum atomic E-state index is -0.525. The summed E-state index contributed by atoms with van der Waals surface area (Å²) in [5.74, 6) is 1.64. The van der Waals surface area contributed by atoms with Gasteiger partial charge in [0.05, 0.1) is 5.60 Å². The molecule has 0 aliphatic heterocycles. The SMILES string of the molecule is CC(C)(O)CCCC[C@H]1CCC2C(=O)CCC[C@@]21C. The first-order valence-corrected chi connectivity index (χ1v) is 8.08. The van der Waals surface area contributed by atoms with E-state index in [2.05, 4.69) is 6.92 Å². The summed E-state index contributed by atoms with van der Waals surface area (Å²) in [4.78, 5) is 12.1. The average molecular weight is 266 g/mol. The smallest absolute Gasteiger partial charge is 0.136 e. The number of unbranched alkanes of at least 4 members (excludes halogenated alkanes) is 1. The molecule has 0 radical (unpaired) electrons. The van der Waals surface area contributed by atoms with Gasteiger partial charge >= 0.3 is 0 Å². The lowest BCUT2D eigenvalue weighted by molar-refractivity contribution is -0.129. The van der Waals surface area contributed by atoms with Crippen LogP contribution in [-0.4, -0.2) is 16.5 Å². The second-order valence-electron chi connectivity index (χ2n) is 7.71. The Hall–Kier alpha value is -0.370.